The van der Waals surface area contributed by atoms with Crippen molar-refractivity contribution in [2.24, 2.45) is 10.4 Å². The van der Waals surface area contributed by atoms with E-state index in [0.717, 1.165) is 31.1 Å². The molecule has 0 aliphatic heterocycles. The number of nitrogens with one attached hydrogen (secondary N) is 2. The van der Waals surface area contributed by atoms with E-state index in [2.05, 4.69) is 15.6 Å². The van der Waals surface area contributed by atoms with E-state index >= 15 is 0 Å². The second kappa shape index (κ2) is 10.5. The molecule has 8 heteroatoms. The van der Waals surface area contributed by atoms with Gasteiger partial charge in [0, 0.05) is 46.0 Å². The quantitative estimate of drug-likeness (QED) is 0.204. The number of benzene rings is 1. The summed E-state index contributed by atoms with van der Waals surface area (Å²) in [5, 5.41) is 17.3. The van der Waals surface area contributed by atoms with Crippen LogP contribution in [0.2, 0.25) is 0 Å². The first-order chi connectivity index (χ1) is 11.6. The van der Waals surface area contributed by atoms with E-state index in [1.165, 1.54) is 31.4 Å². The third kappa shape index (κ3) is 6.43. The van der Waals surface area contributed by atoms with Gasteiger partial charge in [0.05, 0.1) is 4.92 Å². The number of non-ortho nitro benzene ring substituents is 1. The first kappa shape index (κ1) is 21.6. The molecule has 25 heavy (non-hydrogen) atoms. The second-order valence-corrected chi connectivity index (χ2v) is 6.30. The number of hydrogen-bond donors (Lipinski definition) is 2. The van der Waals surface area contributed by atoms with Gasteiger partial charge in [-0.05, 0) is 30.2 Å². The van der Waals surface area contributed by atoms with Crippen molar-refractivity contribution in [3.63, 3.8) is 0 Å². The predicted molar refractivity (Wildman–Crippen MR) is 109 cm³/mol. The van der Waals surface area contributed by atoms with Crippen LogP contribution in [0.25, 0.3) is 0 Å². The molecule has 1 aliphatic carbocycles. The summed E-state index contributed by atoms with van der Waals surface area (Å²) in [5.41, 5.74) is 1.40. The minimum atomic E-state index is -0.393. The number of nitro groups is 1. The molecule has 1 fully saturated rings. The molecule has 2 N–H and O–H groups in total. The van der Waals surface area contributed by atoms with Crippen molar-refractivity contribution in [1.82, 2.24) is 10.6 Å². The molecule has 0 amide bonds. The van der Waals surface area contributed by atoms with E-state index in [1.807, 2.05) is 0 Å². The van der Waals surface area contributed by atoms with Gasteiger partial charge in [0.25, 0.3) is 5.69 Å². The molecular formula is C17H27IN4O3. The summed E-state index contributed by atoms with van der Waals surface area (Å²) in [6, 6.07) is 6.54. The zero-order valence-electron chi connectivity index (χ0n) is 14.8. The molecule has 1 aromatic rings. The Balaban J connectivity index is 0.00000312. The number of aliphatic imine (C=N–C) groups is 1. The van der Waals surface area contributed by atoms with Crippen LogP contribution in [0.15, 0.2) is 29.3 Å². The molecule has 1 aliphatic rings. The molecule has 0 aromatic heterocycles. The number of nitro benzene ring substituents is 1. The van der Waals surface area contributed by atoms with Crippen molar-refractivity contribution in [3.05, 3.63) is 39.9 Å². The number of ether oxygens (including phenoxy) is 1. The molecule has 0 spiro atoms. The number of guanidine groups is 1. The SMILES string of the molecule is CN=C(NCc1ccc([N+](=O)[O-])cc1)NCC1(CCOC)CCC1.I. The molecule has 0 radical (unpaired) electrons. The van der Waals surface area contributed by atoms with Crippen LogP contribution in [0, 0.1) is 15.5 Å². The Bertz CT molecular complexity index is 574. The Morgan fingerprint density at radius 1 is 1.32 bits per heavy atom. The van der Waals surface area contributed by atoms with E-state index in [0.29, 0.717) is 12.0 Å². The standard InChI is InChI=1S/C17H26N4O3.HI/c1-18-16(20-13-17(8-3-9-17)10-11-24-2)19-12-14-4-6-15(7-5-14)21(22)23;/h4-7H,3,8-13H2,1-2H3,(H2,18,19,20);1H. The van der Waals surface area contributed by atoms with Crippen molar-refractivity contribution in [1.29, 1.82) is 0 Å². The highest BCUT2D eigenvalue weighted by molar-refractivity contribution is 14.0. The first-order valence-corrected chi connectivity index (χ1v) is 8.25. The molecule has 0 bridgehead atoms. The maximum atomic E-state index is 10.7. The molecule has 7 nitrogen and oxygen atoms in total. The van der Waals surface area contributed by atoms with Crippen LogP contribution in [0.4, 0.5) is 5.69 Å². The molecule has 1 saturated carbocycles. The predicted octanol–water partition coefficient (Wildman–Crippen LogP) is 3.08. The molecule has 0 atom stereocenters. The number of nitrogens with zero attached hydrogens (tertiary/aromatic N) is 2. The van der Waals surface area contributed by atoms with Crippen LogP contribution in [0.3, 0.4) is 0 Å². The first-order valence-electron chi connectivity index (χ1n) is 8.25. The summed E-state index contributed by atoms with van der Waals surface area (Å²) >= 11 is 0. The lowest BCUT2D eigenvalue weighted by Crippen LogP contribution is -2.46. The topological polar surface area (TPSA) is 88.8 Å². The Labute approximate surface area is 165 Å². The number of hydrogen-bond acceptors (Lipinski definition) is 4. The minimum absolute atomic E-state index is 0. The molecule has 0 heterocycles. The summed E-state index contributed by atoms with van der Waals surface area (Å²) in [6.07, 6.45) is 4.79. The van der Waals surface area contributed by atoms with Crippen LogP contribution < -0.4 is 10.6 Å². The van der Waals surface area contributed by atoms with E-state index in [-0.39, 0.29) is 29.7 Å². The lowest BCUT2D eigenvalue weighted by atomic mass is 9.67. The third-order valence-electron chi connectivity index (χ3n) is 4.71. The average Bonchev–Trinajstić information content (AvgIpc) is 2.56. The van der Waals surface area contributed by atoms with Crippen LogP contribution in [0.1, 0.15) is 31.2 Å². The highest BCUT2D eigenvalue weighted by atomic mass is 127. The van der Waals surface area contributed by atoms with Gasteiger partial charge in [-0.15, -0.1) is 24.0 Å². The maximum absolute atomic E-state index is 10.7. The Morgan fingerprint density at radius 2 is 2.00 bits per heavy atom. The van der Waals surface area contributed by atoms with Crippen LogP contribution in [0.5, 0.6) is 0 Å². The fourth-order valence-electron chi connectivity index (χ4n) is 2.92. The van der Waals surface area contributed by atoms with Crippen molar-refractivity contribution in [2.75, 3.05) is 27.3 Å². The van der Waals surface area contributed by atoms with Gasteiger partial charge < -0.3 is 15.4 Å². The smallest absolute Gasteiger partial charge is 0.269 e. The van der Waals surface area contributed by atoms with Gasteiger partial charge in [-0.3, -0.25) is 15.1 Å². The maximum Gasteiger partial charge on any atom is 0.269 e. The van der Waals surface area contributed by atoms with Gasteiger partial charge in [0.2, 0.25) is 0 Å². The molecule has 2 rings (SSSR count). The number of methoxy groups -OCH3 is 1. The van der Waals surface area contributed by atoms with E-state index in [9.17, 15) is 10.1 Å². The fraction of sp³-hybridized carbons (Fsp3) is 0.588. The highest BCUT2D eigenvalue weighted by Crippen LogP contribution is 2.43. The molecule has 140 valence electrons. The van der Waals surface area contributed by atoms with Gasteiger partial charge >= 0.3 is 0 Å². The van der Waals surface area contributed by atoms with Crippen molar-refractivity contribution in [3.8, 4) is 0 Å². The van der Waals surface area contributed by atoms with Gasteiger partial charge in [0.1, 0.15) is 0 Å². The summed E-state index contributed by atoms with van der Waals surface area (Å²) in [4.78, 5) is 14.5. The van der Waals surface area contributed by atoms with Gasteiger partial charge in [-0.2, -0.15) is 0 Å². The summed E-state index contributed by atoms with van der Waals surface area (Å²) in [7, 11) is 3.48. The van der Waals surface area contributed by atoms with Crippen LogP contribution in [-0.4, -0.2) is 38.2 Å². The molecular weight excluding hydrogens is 435 g/mol. The number of halogens is 1. The monoisotopic (exact) mass is 462 g/mol. The molecule has 1 aromatic carbocycles. The highest BCUT2D eigenvalue weighted by Gasteiger charge is 2.36. The summed E-state index contributed by atoms with van der Waals surface area (Å²) in [6.45, 7) is 2.25. The Morgan fingerprint density at radius 3 is 2.48 bits per heavy atom. The van der Waals surface area contributed by atoms with Crippen molar-refractivity contribution < 1.29 is 9.66 Å². The Kier molecular flexibility index (Phi) is 9.12. The third-order valence-corrected chi connectivity index (χ3v) is 4.71. The van der Waals surface area contributed by atoms with Crippen LogP contribution >= 0.6 is 24.0 Å². The van der Waals surface area contributed by atoms with E-state index < -0.39 is 4.92 Å². The molecule has 0 saturated heterocycles. The van der Waals surface area contributed by atoms with Gasteiger partial charge in [-0.25, -0.2) is 0 Å². The van der Waals surface area contributed by atoms with E-state index in [4.69, 9.17) is 4.74 Å². The zero-order chi connectivity index (χ0) is 17.4. The molecule has 0 unspecified atom stereocenters. The summed E-state index contributed by atoms with van der Waals surface area (Å²) in [5.74, 6) is 0.747. The lowest BCUT2D eigenvalue weighted by molar-refractivity contribution is -0.384. The number of rotatable bonds is 8. The largest absolute Gasteiger partial charge is 0.385 e. The minimum Gasteiger partial charge on any atom is -0.385 e. The summed E-state index contributed by atoms with van der Waals surface area (Å²) < 4.78 is 5.22. The Hall–Kier alpha value is -1.42. The van der Waals surface area contributed by atoms with Gasteiger partial charge in [-0.1, -0.05) is 18.6 Å². The van der Waals surface area contributed by atoms with E-state index in [1.54, 1.807) is 26.3 Å². The lowest BCUT2D eigenvalue weighted by Gasteiger charge is -2.42. The zero-order valence-corrected chi connectivity index (χ0v) is 17.1. The van der Waals surface area contributed by atoms with Crippen molar-refractivity contribution >= 4 is 35.6 Å². The normalized spacial score (nSPS) is 15.7. The fourth-order valence-corrected chi connectivity index (χ4v) is 2.92. The van der Waals surface area contributed by atoms with Crippen molar-refractivity contribution in [2.45, 2.75) is 32.2 Å². The van der Waals surface area contributed by atoms with Gasteiger partial charge in [0.15, 0.2) is 5.96 Å². The van der Waals surface area contributed by atoms with Crippen LogP contribution in [-0.2, 0) is 11.3 Å². The average molecular weight is 462 g/mol. The second-order valence-electron chi connectivity index (χ2n) is 6.30.